The molecule has 1 aromatic rings. The number of nitrogens with one attached hydrogen (secondary N) is 2. The Labute approximate surface area is 139 Å². The Hall–Kier alpha value is -0.620. The van der Waals surface area contributed by atoms with Crippen LogP contribution in [0.1, 0.15) is 36.8 Å². The van der Waals surface area contributed by atoms with Crippen molar-refractivity contribution in [3.63, 3.8) is 0 Å². The molecular weight excluding hydrogens is 320 g/mol. The highest BCUT2D eigenvalue weighted by Crippen LogP contribution is 2.24. The summed E-state index contributed by atoms with van der Waals surface area (Å²) in [5.41, 5.74) is 2.51. The number of rotatable bonds is 5. The highest BCUT2D eigenvalue weighted by Gasteiger charge is 2.19. The van der Waals surface area contributed by atoms with Gasteiger partial charge in [0.1, 0.15) is 0 Å². The SMILES string of the molecule is Cl.O=S(=O)(NCCC1CCCNC1)c1ccc2c(c1)CCC2. The number of piperidine rings is 1. The molecule has 0 radical (unpaired) electrons. The van der Waals surface area contributed by atoms with Crippen LogP contribution in [0, 0.1) is 5.92 Å². The summed E-state index contributed by atoms with van der Waals surface area (Å²) < 4.78 is 27.5. The molecule has 2 N–H and O–H groups in total. The molecule has 0 saturated carbocycles. The number of fused-ring (bicyclic) bond motifs is 1. The topological polar surface area (TPSA) is 58.2 Å². The Balaban J connectivity index is 0.00000176. The van der Waals surface area contributed by atoms with Gasteiger partial charge in [-0.1, -0.05) is 6.07 Å². The number of benzene rings is 1. The molecule has 1 fully saturated rings. The first-order chi connectivity index (χ1) is 10.1. The van der Waals surface area contributed by atoms with Crippen molar-refractivity contribution < 1.29 is 8.42 Å². The lowest BCUT2D eigenvalue weighted by Crippen LogP contribution is -2.33. The molecule has 3 rings (SSSR count). The van der Waals surface area contributed by atoms with Crippen molar-refractivity contribution in [2.45, 2.75) is 43.4 Å². The van der Waals surface area contributed by atoms with E-state index in [2.05, 4.69) is 10.0 Å². The normalized spacial score (nSPS) is 21.2. The molecule has 0 bridgehead atoms. The molecule has 22 heavy (non-hydrogen) atoms. The molecule has 1 aliphatic carbocycles. The van der Waals surface area contributed by atoms with E-state index in [-0.39, 0.29) is 12.4 Å². The van der Waals surface area contributed by atoms with Crippen molar-refractivity contribution in [3.05, 3.63) is 29.3 Å². The fourth-order valence-electron chi connectivity index (χ4n) is 3.37. The van der Waals surface area contributed by atoms with Crippen molar-refractivity contribution in [1.82, 2.24) is 10.0 Å². The van der Waals surface area contributed by atoms with E-state index < -0.39 is 10.0 Å². The third-order valence-corrected chi connectivity index (χ3v) is 6.08. The second-order valence-corrected chi connectivity index (χ2v) is 7.95. The van der Waals surface area contributed by atoms with Gasteiger partial charge in [-0.3, -0.25) is 0 Å². The molecular formula is C16H25ClN2O2S. The van der Waals surface area contributed by atoms with Gasteiger partial charge in [-0.2, -0.15) is 0 Å². The molecule has 0 aromatic heterocycles. The molecule has 2 aliphatic rings. The summed E-state index contributed by atoms with van der Waals surface area (Å²) in [6.45, 7) is 2.64. The highest BCUT2D eigenvalue weighted by molar-refractivity contribution is 7.89. The lowest BCUT2D eigenvalue weighted by atomic mass is 9.96. The van der Waals surface area contributed by atoms with Crippen LogP contribution in [0.4, 0.5) is 0 Å². The van der Waals surface area contributed by atoms with Gasteiger partial charge in [0.2, 0.25) is 10.0 Å². The summed E-state index contributed by atoms with van der Waals surface area (Å²) in [5.74, 6) is 0.599. The predicted molar refractivity (Wildman–Crippen MR) is 91.1 cm³/mol. The molecule has 1 unspecified atom stereocenters. The van der Waals surface area contributed by atoms with E-state index in [0.29, 0.717) is 17.4 Å². The number of aryl methyl sites for hydroxylation is 2. The van der Waals surface area contributed by atoms with E-state index in [1.165, 1.54) is 24.0 Å². The van der Waals surface area contributed by atoms with Crippen molar-refractivity contribution in [1.29, 1.82) is 0 Å². The fourth-order valence-corrected chi connectivity index (χ4v) is 4.46. The van der Waals surface area contributed by atoms with Gasteiger partial charge in [0, 0.05) is 6.54 Å². The standard InChI is InChI=1S/C16H24N2O2S.ClH/c19-21(20,18-10-8-13-3-2-9-17-12-13)16-7-6-14-4-1-5-15(14)11-16;/h6-7,11,13,17-18H,1-5,8-10,12H2;1H. The molecule has 0 amide bonds. The van der Waals surface area contributed by atoms with E-state index in [0.717, 1.165) is 38.8 Å². The van der Waals surface area contributed by atoms with Crippen LogP contribution in [-0.4, -0.2) is 28.1 Å². The Morgan fingerprint density at radius 3 is 2.77 bits per heavy atom. The molecule has 1 atom stereocenters. The zero-order valence-electron chi connectivity index (χ0n) is 12.8. The van der Waals surface area contributed by atoms with Crippen LogP contribution in [0.3, 0.4) is 0 Å². The maximum absolute atomic E-state index is 12.3. The minimum absolute atomic E-state index is 0. The van der Waals surface area contributed by atoms with Crippen LogP contribution in [0.2, 0.25) is 0 Å². The minimum atomic E-state index is -3.35. The summed E-state index contributed by atoms with van der Waals surface area (Å²) in [6, 6.07) is 5.57. The molecule has 1 aromatic carbocycles. The van der Waals surface area contributed by atoms with Gasteiger partial charge in [0.05, 0.1) is 4.90 Å². The van der Waals surface area contributed by atoms with Gasteiger partial charge >= 0.3 is 0 Å². The Kier molecular flexibility index (Phi) is 6.26. The maximum Gasteiger partial charge on any atom is 0.240 e. The molecule has 1 saturated heterocycles. The minimum Gasteiger partial charge on any atom is -0.316 e. The van der Waals surface area contributed by atoms with E-state index in [9.17, 15) is 8.42 Å². The van der Waals surface area contributed by atoms with E-state index >= 15 is 0 Å². The summed E-state index contributed by atoms with van der Waals surface area (Å²) in [6.07, 6.45) is 6.54. The first-order valence-electron chi connectivity index (χ1n) is 7.97. The summed E-state index contributed by atoms with van der Waals surface area (Å²) in [4.78, 5) is 0.421. The molecule has 6 heteroatoms. The average Bonchev–Trinajstić information content (AvgIpc) is 2.95. The van der Waals surface area contributed by atoms with Crippen molar-refractivity contribution in [3.8, 4) is 0 Å². The lowest BCUT2D eigenvalue weighted by molar-refractivity contribution is 0.358. The summed E-state index contributed by atoms with van der Waals surface area (Å²) in [7, 11) is -3.35. The number of hydrogen-bond acceptors (Lipinski definition) is 3. The fraction of sp³-hybridized carbons (Fsp3) is 0.625. The second kappa shape index (κ2) is 7.77. The van der Waals surface area contributed by atoms with Crippen molar-refractivity contribution in [2.75, 3.05) is 19.6 Å². The van der Waals surface area contributed by atoms with E-state index in [1.807, 2.05) is 12.1 Å². The number of halogens is 1. The lowest BCUT2D eigenvalue weighted by Gasteiger charge is -2.22. The summed E-state index contributed by atoms with van der Waals surface area (Å²) >= 11 is 0. The van der Waals surface area contributed by atoms with Gasteiger partial charge < -0.3 is 5.32 Å². The van der Waals surface area contributed by atoms with Gasteiger partial charge in [-0.25, -0.2) is 13.1 Å². The van der Waals surface area contributed by atoms with E-state index in [4.69, 9.17) is 0 Å². The van der Waals surface area contributed by atoms with Crippen LogP contribution < -0.4 is 10.0 Å². The molecule has 4 nitrogen and oxygen atoms in total. The first kappa shape index (κ1) is 17.7. The second-order valence-electron chi connectivity index (χ2n) is 6.18. The summed E-state index contributed by atoms with van der Waals surface area (Å²) in [5, 5.41) is 3.37. The Bertz CT molecular complexity index is 598. The van der Waals surface area contributed by atoms with Crippen LogP contribution in [0.25, 0.3) is 0 Å². The Morgan fingerprint density at radius 1 is 1.18 bits per heavy atom. The van der Waals surface area contributed by atoms with E-state index in [1.54, 1.807) is 6.07 Å². The molecule has 1 aliphatic heterocycles. The van der Waals surface area contributed by atoms with Gasteiger partial charge in [0.15, 0.2) is 0 Å². The van der Waals surface area contributed by atoms with Crippen molar-refractivity contribution in [2.24, 2.45) is 5.92 Å². The van der Waals surface area contributed by atoms with Gasteiger partial charge in [-0.05, 0) is 80.8 Å². The largest absolute Gasteiger partial charge is 0.316 e. The quantitative estimate of drug-likeness (QED) is 0.861. The van der Waals surface area contributed by atoms with Gasteiger partial charge in [0.25, 0.3) is 0 Å². The molecule has 1 heterocycles. The Morgan fingerprint density at radius 2 is 2.00 bits per heavy atom. The predicted octanol–water partition coefficient (Wildman–Crippen LogP) is 2.27. The number of sulfonamides is 1. The van der Waals surface area contributed by atoms with Gasteiger partial charge in [-0.15, -0.1) is 12.4 Å². The van der Waals surface area contributed by atoms with Crippen LogP contribution >= 0.6 is 12.4 Å². The number of hydrogen-bond donors (Lipinski definition) is 2. The molecule has 0 spiro atoms. The van der Waals surface area contributed by atoms with Crippen LogP contribution in [-0.2, 0) is 22.9 Å². The zero-order chi connectivity index (χ0) is 14.7. The smallest absolute Gasteiger partial charge is 0.240 e. The van der Waals surface area contributed by atoms with Crippen molar-refractivity contribution >= 4 is 22.4 Å². The third-order valence-electron chi connectivity index (χ3n) is 4.62. The first-order valence-corrected chi connectivity index (χ1v) is 9.46. The zero-order valence-corrected chi connectivity index (χ0v) is 14.4. The molecule has 124 valence electrons. The highest BCUT2D eigenvalue weighted by atomic mass is 35.5. The maximum atomic E-state index is 12.3. The monoisotopic (exact) mass is 344 g/mol. The third kappa shape index (κ3) is 4.22. The van der Waals surface area contributed by atoms with Crippen LogP contribution in [0.5, 0.6) is 0 Å². The van der Waals surface area contributed by atoms with Crippen LogP contribution in [0.15, 0.2) is 23.1 Å². The average molecular weight is 345 g/mol.